The van der Waals surface area contributed by atoms with Crippen LogP contribution in [-0.2, 0) is 4.79 Å². The number of nitrogens with zero attached hydrogens (tertiary/aromatic N) is 4. The van der Waals surface area contributed by atoms with Gasteiger partial charge < -0.3 is 0 Å². The van der Waals surface area contributed by atoms with Gasteiger partial charge in [-0.25, -0.2) is 5.84 Å². The number of pyridine rings is 1. The van der Waals surface area contributed by atoms with E-state index in [9.17, 15) is 4.79 Å². The first-order valence-electron chi connectivity index (χ1n) is 6.83. The van der Waals surface area contributed by atoms with Gasteiger partial charge in [0.1, 0.15) is 0 Å². The molecule has 3 N–H and O–H groups in total. The van der Waals surface area contributed by atoms with Gasteiger partial charge in [-0.2, -0.15) is 0 Å². The minimum Gasteiger partial charge on any atom is -0.294 e. The SMILES string of the molecule is NNC(=O)CSc1nnc(-c2ccncc2)n1-c1ccccc1. The molecule has 0 fully saturated rings. The lowest BCUT2D eigenvalue weighted by molar-refractivity contribution is -0.118. The smallest absolute Gasteiger partial charge is 0.244 e. The molecule has 2 heterocycles. The van der Waals surface area contributed by atoms with Crippen molar-refractivity contribution in [2.45, 2.75) is 5.16 Å². The maximum atomic E-state index is 11.4. The molecule has 1 amide bonds. The Morgan fingerprint density at radius 1 is 1.13 bits per heavy atom. The number of carbonyl (C=O) groups excluding carboxylic acids is 1. The third-order valence-corrected chi connectivity index (χ3v) is 4.01. The van der Waals surface area contributed by atoms with Crippen LogP contribution in [0.15, 0.2) is 60.0 Å². The predicted octanol–water partition coefficient (Wildman–Crippen LogP) is 1.41. The summed E-state index contributed by atoms with van der Waals surface area (Å²) in [4.78, 5) is 15.4. The van der Waals surface area contributed by atoms with Gasteiger partial charge in [0.2, 0.25) is 5.91 Å². The van der Waals surface area contributed by atoms with Crippen molar-refractivity contribution < 1.29 is 4.79 Å². The lowest BCUT2D eigenvalue weighted by atomic mass is 10.2. The second kappa shape index (κ2) is 7.03. The molecule has 0 radical (unpaired) electrons. The van der Waals surface area contributed by atoms with Crippen LogP contribution in [0.4, 0.5) is 0 Å². The normalized spacial score (nSPS) is 10.5. The van der Waals surface area contributed by atoms with Crippen molar-refractivity contribution in [3.05, 3.63) is 54.9 Å². The minimum absolute atomic E-state index is 0.164. The van der Waals surface area contributed by atoms with E-state index in [1.807, 2.05) is 47.0 Å². The lowest BCUT2D eigenvalue weighted by Gasteiger charge is -2.09. The number of aromatic nitrogens is 4. The number of thioether (sulfide) groups is 1. The van der Waals surface area contributed by atoms with E-state index in [-0.39, 0.29) is 11.7 Å². The molecular formula is C15H14N6OS. The van der Waals surface area contributed by atoms with Crippen molar-refractivity contribution in [3.8, 4) is 17.1 Å². The Balaban J connectivity index is 2.04. The highest BCUT2D eigenvalue weighted by molar-refractivity contribution is 7.99. The summed E-state index contributed by atoms with van der Waals surface area (Å²) in [5.74, 6) is 5.70. The zero-order chi connectivity index (χ0) is 16.1. The van der Waals surface area contributed by atoms with Crippen LogP contribution in [0.2, 0.25) is 0 Å². The number of nitrogens with one attached hydrogen (secondary N) is 1. The van der Waals surface area contributed by atoms with Crippen molar-refractivity contribution >= 4 is 17.7 Å². The number of hydrogen-bond donors (Lipinski definition) is 2. The molecule has 0 aliphatic carbocycles. The Bertz CT molecular complexity index is 790. The molecule has 0 bridgehead atoms. The van der Waals surface area contributed by atoms with E-state index in [1.165, 1.54) is 11.8 Å². The van der Waals surface area contributed by atoms with Crippen LogP contribution >= 0.6 is 11.8 Å². The fourth-order valence-corrected chi connectivity index (χ4v) is 2.80. The molecule has 3 rings (SSSR count). The molecule has 1 aromatic carbocycles. The highest BCUT2D eigenvalue weighted by Crippen LogP contribution is 2.27. The standard InChI is InChI=1S/C15H14N6OS/c16-18-13(22)10-23-15-20-19-14(11-6-8-17-9-7-11)21(15)12-4-2-1-3-5-12/h1-9H,10,16H2,(H,18,22). The van der Waals surface area contributed by atoms with Gasteiger partial charge in [-0.15, -0.1) is 10.2 Å². The number of nitrogens with two attached hydrogens (primary N) is 1. The molecule has 0 unspecified atom stereocenters. The van der Waals surface area contributed by atoms with E-state index in [0.717, 1.165) is 11.3 Å². The van der Waals surface area contributed by atoms with Crippen molar-refractivity contribution in [1.82, 2.24) is 25.2 Å². The first kappa shape index (κ1) is 15.2. The summed E-state index contributed by atoms with van der Waals surface area (Å²) in [5, 5.41) is 9.10. The minimum atomic E-state index is -0.275. The molecule has 0 saturated heterocycles. The number of para-hydroxylation sites is 1. The second-order valence-corrected chi connectivity index (χ2v) is 5.51. The van der Waals surface area contributed by atoms with Gasteiger partial charge in [0, 0.05) is 23.6 Å². The van der Waals surface area contributed by atoms with Gasteiger partial charge in [0.25, 0.3) is 0 Å². The summed E-state index contributed by atoms with van der Waals surface area (Å²) in [5.41, 5.74) is 3.92. The molecule has 23 heavy (non-hydrogen) atoms. The summed E-state index contributed by atoms with van der Waals surface area (Å²) in [7, 11) is 0. The van der Waals surface area contributed by atoms with E-state index in [2.05, 4.69) is 20.6 Å². The van der Waals surface area contributed by atoms with Crippen LogP contribution in [0.25, 0.3) is 17.1 Å². The molecule has 0 spiro atoms. The maximum Gasteiger partial charge on any atom is 0.244 e. The molecule has 0 aliphatic rings. The number of carbonyl (C=O) groups is 1. The highest BCUT2D eigenvalue weighted by Gasteiger charge is 2.16. The monoisotopic (exact) mass is 326 g/mol. The Hall–Kier alpha value is -2.71. The Morgan fingerprint density at radius 2 is 1.87 bits per heavy atom. The van der Waals surface area contributed by atoms with Crippen LogP contribution in [0.3, 0.4) is 0 Å². The van der Waals surface area contributed by atoms with E-state index in [1.54, 1.807) is 12.4 Å². The number of benzene rings is 1. The van der Waals surface area contributed by atoms with Crippen LogP contribution in [0.5, 0.6) is 0 Å². The second-order valence-electron chi connectivity index (χ2n) is 4.57. The number of hydrazine groups is 1. The Labute approximate surface area is 136 Å². The first-order valence-corrected chi connectivity index (χ1v) is 7.81. The van der Waals surface area contributed by atoms with Crippen molar-refractivity contribution in [2.75, 3.05) is 5.75 Å². The van der Waals surface area contributed by atoms with Crippen molar-refractivity contribution in [2.24, 2.45) is 5.84 Å². The van der Waals surface area contributed by atoms with Gasteiger partial charge in [0.05, 0.1) is 5.75 Å². The largest absolute Gasteiger partial charge is 0.294 e. The fraction of sp³-hybridized carbons (Fsp3) is 0.0667. The molecule has 2 aromatic heterocycles. The molecule has 116 valence electrons. The average molecular weight is 326 g/mol. The first-order chi connectivity index (χ1) is 11.3. The zero-order valence-corrected chi connectivity index (χ0v) is 12.9. The van der Waals surface area contributed by atoms with Gasteiger partial charge in [-0.05, 0) is 24.3 Å². The van der Waals surface area contributed by atoms with Gasteiger partial charge >= 0.3 is 0 Å². The Kier molecular flexibility index (Phi) is 4.65. The summed E-state index contributed by atoms with van der Waals surface area (Å²) < 4.78 is 1.91. The van der Waals surface area contributed by atoms with Crippen LogP contribution in [0, 0.1) is 0 Å². The number of rotatable bonds is 5. The quantitative estimate of drug-likeness (QED) is 0.318. The van der Waals surface area contributed by atoms with E-state index in [0.29, 0.717) is 11.0 Å². The maximum absolute atomic E-state index is 11.4. The van der Waals surface area contributed by atoms with E-state index < -0.39 is 0 Å². The third-order valence-electron chi connectivity index (χ3n) is 3.08. The van der Waals surface area contributed by atoms with Crippen LogP contribution < -0.4 is 11.3 Å². The molecular weight excluding hydrogens is 312 g/mol. The number of hydrogen-bond acceptors (Lipinski definition) is 6. The van der Waals surface area contributed by atoms with E-state index >= 15 is 0 Å². The van der Waals surface area contributed by atoms with Gasteiger partial charge in [-0.1, -0.05) is 30.0 Å². The zero-order valence-electron chi connectivity index (χ0n) is 12.1. The lowest BCUT2D eigenvalue weighted by Crippen LogP contribution is -2.31. The van der Waals surface area contributed by atoms with E-state index in [4.69, 9.17) is 5.84 Å². The van der Waals surface area contributed by atoms with Crippen molar-refractivity contribution in [1.29, 1.82) is 0 Å². The third kappa shape index (κ3) is 3.38. The summed E-state index contributed by atoms with van der Waals surface area (Å²) >= 11 is 1.27. The molecule has 3 aromatic rings. The fourth-order valence-electron chi connectivity index (χ4n) is 2.03. The molecule has 8 heteroatoms. The average Bonchev–Trinajstić information content (AvgIpc) is 3.05. The van der Waals surface area contributed by atoms with Gasteiger partial charge in [0.15, 0.2) is 11.0 Å². The number of amides is 1. The van der Waals surface area contributed by atoms with Crippen molar-refractivity contribution in [3.63, 3.8) is 0 Å². The molecule has 0 aliphatic heterocycles. The molecule has 7 nitrogen and oxygen atoms in total. The summed E-state index contributed by atoms with van der Waals surface area (Å²) in [6, 6.07) is 13.5. The topological polar surface area (TPSA) is 98.7 Å². The van der Waals surface area contributed by atoms with Gasteiger partial charge in [-0.3, -0.25) is 19.8 Å². The molecule has 0 saturated carbocycles. The summed E-state index contributed by atoms with van der Waals surface area (Å²) in [6.07, 6.45) is 3.40. The van der Waals surface area contributed by atoms with Crippen LogP contribution in [-0.4, -0.2) is 31.4 Å². The summed E-state index contributed by atoms with van der Waals surface area (Å²) in [6.45, 7) is 0. The predicted molar refractivity (Wildman–Crippen MR) is 87.6 cm³/mol. The van der Waals surface area contributed by atoms with Crippen LogP contribution in [0.1, 0.15) is 0 Å². The Morgan fingerprint density at radius 3 is 2.57 bits per heavy atom. The molecule has 0 atom stereocenters. The highest BCUT2D eigenvalue weighted by atomic mass is 32.2.